The molecule has 1 heterocycles. The molecule has 1 aliphatic rings. The molecule has 0 aliphatic heterocycles. The van der Waals surface area contributed by atoms with Crippen LogP contribution >= 0.6 is 0 Å². The van der Waals surface area contributed by atoms with E-state index in [0.717, 1.165) is 11.0 Å². The van der Waals surface area contributed by atoms with Gasteiger partial charge in [0, 0.05) is 23.9 Å². The van der Waals surface area contributed by atoms with E-state index in [2.05, 4.69) is 0 Å². The predicted molar refractivity (Wildman–Crippen MR) is 71.3 cm³/mol. The van der Waals surface area contributed by atoms with Crippen molar-refractivity contribution in [1.82, 2.24) is 0 Å². The molecule has 19 heavy (non-hydrogen) atoms. The van der Waals surface area contributed by atoms with Gasteiger partial charge in [-0.05, 0) is 36.8 Å². The summed E-state index contributed by atoms with van der Waals surface area (Å²) in [4.78, 5) is 11.2. The first-order chi connectivity index (χ1) is 9.11. The zero-order valence-corrected chi connectivity index (χ0v) is 10.5. The number of aliphatic hydroxyl groups is 1. The summed E-state index contributed by atoms with van der Waals surface area (Å²) in [6.07, 6.45) is 1.91. The average molecular weight is 258 g/mol. The first kappa shape index (κ1) is 12.0. The number of hydrogen-bond acceptors (Lipinski definition) is 4. The van der Waals surface area contributed by atoms with Gasteiger partial charge in [-0.15, -0.1) is 0 Å². The van der Waals surface area contributed by atoms with Gasteiger partial charge >= 0.3 is 5.63 Å². The summed E-state index contributed by atoms with van der Waals surface area (Å²) in [7, 11) is 0. The molecule has 98 valence electrons. The standard InChI is InChI=1S/C15H14O4/c1-9-6-12(7-13(9)16)18-11-4-2-10-3-5-15(17)19-14(10)8-11/h2-6,8,12-13,16H,7H2,1H3/t12-,13-/m0/s1. The van der Waals surface area contributed by atoms with Crippen molar-refractivity contribution in [3.8, 4) is 5.75 Å². The second kappa shape index (κ2) is 4.55. The summed E-state index contributed by atoms with van der Waals surface area (Å²) in [5.41, 5.74) is 1.05. The van der Waals surface area contributed by atoms with E-state index in [1.54, 1.807) is 12.1 Å². The van der Waals surface area contributed by atoms with Gasteiger partial charge in [0.25, 0.3) is 0 Å². The second-order valence-electron chi connectivity index (χ2n) is 4.77. The average Bonchev–Trinajstić information content (AvgIpc) is 2.67. The first-order valence-corrected chi connectivity index (χ1v) is 6.19. The van der Waals surface area contributed by atoms with Crippen molar-refractivity contribution in [1.29, 1.82) is 0 Å². The van der Waals surface area contributed by atoms with E-state index in [1.165, 1.54) is 6.07 Å². The van der Waals surface area contributed by atoms with Crippen LogP contribution in [0.5, 0.6) is 5.75 Å². The van der Waals surface area contributed by atoms with Crippen LogP contribution in [0.15, 0.2) is 51.2 Å². The van der Waals surface area contributed by atoms with Crippen LogP contribution in [0.3, 0.4) is 0 Å². The molecule has 1 aromatic carbocycles. The minimum Gasteiger partial charge on any atom is -0.486 e. The fourth-order valence-corrected chi connectivity index (χ4v) is 2.25. The predicted octanol–water partition coefficient (Wildman–Crippen LogP) is 2.25. The van der Waals surface area contributed by atoms with Crippen LogP contribution in [0.2, 0.25) is 0 Å². The zero-order valence-electron chi connectivity index (χ0n) is 10.5. The minimum atomic E-state index is -0.427. The van der Waals surface area contributed by atoms with Crippen LogP contribution in [-0.4, -0.2) is 17.3 Å². The van der Waals surface area contributed by atoms with E-state index in [9.17, 15) is 9.90 Å². The quantitative estimate of drug-likeness (QED) is 0.663. The van der Waals surface area contributed by atoms with E-state index in [0.29, 0.717) is 17.8 Å². The van der Waals surface area contributed by atoms with E-state index >= 15 is 0 Å². The summed E-state index contributed by atoms with van der Waals surface area (Å²) < 4.78 is 10.9. The van der Waals surface area contributed by atoms with Gasteiger partial charge in [-0.25, -0.2) is 4.79 Å². The molecule has 0 fully saturated rings. The largest absolute Gasteiger partial charge is 0.486 e. The highest BCUT2D eigenvalue weighted by Gasteiger charge is 2.23. The third kappa shape index (κ3) is 2.39. The molecular formula is C15H14O4. The summed E-state index contributed by atoms with van der Waals surface area (Å²) in [5.74, 6) is 0.630. The topological polar surface area (TPSA) is 59.7 Å². The molecular weight excluding hydrogens is 244 g/mol. The SMILES string of the molecule is CC1=C[C@H](Oc2ccc3ccc(=O)oc3c2)C[C@@H]1O. The number of fused-ring (bicyclic) bond motifs is 1. The Morgan fingerprint density at radius 3 is 2.84 bits per heavy atom. The van der Waals surface area contributed by atoms with Gasteiger partial charge in [-0.3, -0.25) is 0 Å². The van der Waals surface area contributed by atoms with Crippen LogP contribution in [0.25, 0.3) is 11.0 Å². The van der Waals surface area contributed by atoms with Gasteiger partial charge in [0.1, 0.15) is 17.4 Å². The van der Waals surface area contributed by atoms with Gasteiger partial charge < -0.3 is 14.3 Å². The molecule has 0 spiro atoms. The number of ether oxygens (including phenoxy) is 1. The molecule has 2 aromatic rings. The maximum atomic E-state index is 11.2. The molecule has 0 amide bonds. The molecule has 4 nitrogen and oxygen atoms in total. The molecule has 0 bridgehead atoms. The van der Waals surface area contributed by atoms with E-state index in [4.69, 9.17) is 9.15 Å². The van der Waals surface area contributed by atoms with E-state index < -0.39 is 6.10 Å². The molecule has 1 aromatic heterocycles. The Hall–Kier alpha value is -2.07. The fourth-order valence-electron chi connectivity index (χ4n) is 2.25. The van der Waals surface area contributed by atoms with E-state index in [-0.39, 0.29) is 11.7 Å². The van der Waals surface area contributed by atoms with E-state index in [1.807, 2.05) is 25.1 Å². The lowest BCUT2D eigenvalue weighted by molar-refractivity contribution is 0.159. The Kier molecular flexibility index (Phi) is 2.87. The lowest BCUT2D eigenvalue weighted by Crippen LogP contribution is -2.14. The third-order valence-electron chi connectivity index (χ3n) is 3.31. The molecule has 2 atom stereocenters. The Balaban J connectivity index is 1.88. The highest BCUT2D eigenvalue weighted by atomic mass is 16.5. The number of rotatable bonds is 2. The molecule has 0 saturated carbocycles. The van der Waals surface area contributed by atoms with Crippen molar-refractivity contribution >= 4 is 11.0 Å². The second-order valence-corrected chi connectivity index (χ2v) is 4.77. The zero-order chi connectivity index (χ0) is 13.4. The molecule has 1 aliphatic carbocycles. The van der Waals surface area contributed by atoms with Crippen LogP contribution in [-0.2, 0) is 0 Å². The van der Waals surface area contributed by atoms with Gasteiger partial charge in [0.2, 0.25) is 0 Å². The number of hydrogen-bond donors (Lipinski definition) is 1. The van der Waals surface area contributed by atoms with Crippen LogP contribution in [0, 0.1) is 0 Å². The van der Waals surface area contributed by atoms with Crippen molar-refractivity contribution in [3.05, 3.63) is 52.4 Å². The normalized spacial score (nSPS) is 22.5. The van der Waals surface area contributed by atoms with Crippen molar-refractivity contribution in [2.24, 2.45) is 0 Å². The van der Waals surface area contributed by atoms with Crippen LogP contribution < -0.4 is 10.4 Å². The Bertz CT molecular complexity index is 699. The summed E-state index contributed by atoms with van der Waals surface area (Å²) in [6, 6.07) is 8.48. The Morgan fingerprint density at radius 1 is 1.32 bits per heavy atom. The van der Waals surface area contributed by atoms with Crippen molar-refractivity contribution in [2.75, 3.05) is 0 Å². The number of aliphatic hydroxyl groups excluding tert-OH is 1. The molecule has 0 unspecified atom stereocenters. The first-order valence-electron chi connectivity index (χ1n) is 6.19. The summed E-state index contributed by atoms with van der Waals surface area (Å²) in [5, 5.41) is 10.5. The van der Waals surface area contributed by atoms with Crippen molar-refractivity contribution in [2.45, 2.75) is 25.6 Å². The lowest BCUT2D eigenvalue weighted by atomic mass is 10.2. The van der Waals surface area contributed by atoms with Gasteiger partial charge in [-0.1, -0.05) is 0 Å². The minimum absolute atomic E-state index is 0.136. The monoisotopic (exact) mass is 258 g/mol. The molecule has 0 saturated heterocycles. The van der Waals surface area contributed by atoms with Gasteiger partial charge in [0.15, 0.2) is 0 Å². The summed E-state index contributed by atoms with van der Waals surface area (Å²) >= 11 is 0. The fraction of sp³-hybridized carbons (Fsp3) is 0.267. The third-order valence-corrected chi connectivity index (χ3v) is 3.31. The molecule has 3 rings (SSSR count). The highest BCUT2D eigenvalue weighted by molar-refractivity contribution is 5.77. The van der Waals surface area contributed by atoms with Crippen molar-refractivity contribution < 1.29 is 14.3 Å². The van der Waals surface area contributed by atoms with Crippen LogP contribution in [0.1, 0.15) is 13.3 Å². The van der Waals surface area contributed by atoms with Gasteiger partial charge in [0.05, 0.1) is 6.10 Å². The molecule has 0 radical (unpaired) electrons. The molecule has 4 heteroatoms. The van der Waals surface area contributed by atoms with Crippen LogP contribution in [0.4, 0.5) is 0 Å². The maximum absolute atomic E-state index is 11.2. The van der Waals surface area contributed by atoms with Gasteiger partial charge in [-0.2, -0.15) is 0 Å². The smallest absolute Gasteiger partial charge is 0.336 e. The lowest BCUT2D eigenvalue weighted by Gasteiger charge is -2.12. The number of benzene rings is 1. The Labute approximate surface area is 109 Å². The maximum Gasteiger partial charge on any atom is 0.336 e. The Morgan fingerprint density at radius 2 is 2.11 bits per heavy atom. The molecule has 1 N–H and O–H groups in total. The summed E-state index contributed by atoms with van der Waals surface area (Å²) in [6.45, 7) is 1.88. The highest BCUT2D eigenvalue weighted by Crippen LogP contribution is 2.26. The van der Waals surface area contributed by atoms with Crippen molar-refractivity contribution in [3.63, 3.8) is 0 Å².